The van der Waals surface area contributed by atoms with E-state index in [1.54, 1.807) is 0 Å². The highest BCUT2D eigenvalue weighted by Gasteiger charge is 2.16. The van der Waals surface area contributed by atoms with Gasteiger partial charge in [-0.1, -0.05) is 69.2 Å². The molecule has 0 aromatic heterocycles. The predicted molar refractivity (Wildman–Crippen MR) is 130 cm³/mol. The first kappa shape index (κ1) is 22.9. The zero-order chi connectivity index (χ0) is 22.1. The van der Waals surface area contributed by atoms with Crippen molar-refractivity contribution in [3.8, 4) is 22.6 Å². The Morgan fingerprint density at radius 2 is 1.68 bits per heavy atom. The van der Waals surface area contributed by atoms with Crippen molar-refractivity contribution in [1.82, 2.24) is 5.32 Å². The number of nitrogens with one attached hydrogen (secondary N) is 1. The van der Waals surface area contributed by atoms with Crippen molar-refractivity contribution in [3.05, 3.63) is 83.4 Å². The number of ether oxygens (including phenoxy) is 1. The third kappa shape index (κ3) is 6.11. The highest BCUT2D eigenvalue weighted by Crippen LogP contribution is 2.35. The maximum Gasteiger partial charge on any atom is 0.125 e. The number of rotatable bonds is 11. The molecule has 0 fully saturated rings. The van der Waals surface area contributed by atoms with E-state index in [4.69, 9.17) is 4.74 Å². The standard InChI is InChI=1S/C28H35NO2/c1-4-9-21-13-15-26(30)25(19-21)23-14-16-27(24(20-23)10-5-2)31-28(17-18-29-3)22-11-7-6-8-12-22/h6-8,11-16,19-20,28-30H,4-5,9-10,17-18H2,1-3H3. The third-order valence-electron chi connectivity index (χ3n) is 5.59. The van der Waals surface area contributed by atoms with Gasteiger partial charge in [-0.2, -0.15) is 0 Å². The van der Waals surface area contributed by atoms with Gasteiger partial charge in [-0.3, -0.25) is 0 Å². The van der Waals surface area contributed by atoms with E-state index in [1.165, 1.54) is 16.7 Å². The van der Waals surface area contributed by atoms with Gasteiger partial charge in [0.1, 0.15) is 17.6 Å². The lowest BCUT2D eigenvalue weighted by atomic mass is 9.96. The monoisotopic (exact) mass is 417 g/mol. The molecule has 164 valence electrons. The van der Waals surface area contributed by atoms with E-state index >= 15 is 0 Å². The zero-order valence-electron chi connectivity index (χ0n) is 19.0. The Morgan fingerprint density at radius 1 is 0.903 bits per heavy atom. The fourth-order valence-electron chi connectivity index (χ4n) is 3.98. The van der Waals surface area contributed by atoms with Crippen molar-refractivity contribution in [2.24, 2.45) is 0 Å². The van der Waals surface area contributed by atoms with Crippen LogP contribution in [0.15, 0.2) is 66.7 Å². The fourth-order valence-corrected chi connectivity index (χ4v) is 3.98. The molecule has 3 nitrogen and oxygen atoms in total. The van der Waals surface area contributed by atoms with Gasteiger partial charge in [-0.05, 0) is 73.0 Å². The lowest BCUT2D eigenvalue weighted by Crippen LogP contribution is -2.16. The van der Waals surface area contributed by atoms with E-state index in [2.05, 4.69) is 67.7 Å². The summed E-state index contributed by atoms with van der Waals surface area (Å²) in [6.07, 6.45) is 4.97. The first-order chi connectivity index (χ1) is 15.2. The van der Waals surface area contributed by atoms with Crippen molar-refractivity contribution >= 4 is 0 Å². The van der Waals surface area contributed by atoms with Gasteiger partial charge >= 0.3 is 0 Å². The Hall–Kier alpha value is -2.78. The maximum atomic E-state index is 10.5. The Kier molecular flexibility index (Phi) is 8.54. The molecule has 0 amide bonds. The van der Waals surface area contributed by atoms with Crippen LogP contribution in [0.4, 0.5) is 0 Å². The average Bonchev–Trinajstić information content (AvgIpc) is 2.79. The van der Waals surface area contributed by atoms with Crippen molar-refractivity contribution in [1.29, 1.82) is 0 Å². The molecule has 0 saturated carbocycles. The van der Waals surface area contributed by atoms with E-state index in [0.717, 1.165) is 55.5 Å². The lowest BCUT2D eigenvalue weighted by Gasteiger charge is -2.22. The highest BCUT2D eigenvalue weighted by molar-refractivity contribution is 5.72. The first-order valence-electron chi connectivity index (χ1n) is 11.5. The Morgan fingerprint density at radius 3 is 2.39 bits per heavy atom. The van der Waals surface area contributed by atoms with Gasteiger partial charge in [0.05, 0.1) is 0 Å². The quantitative estimate of drug-likeness (QED) is 0.365. The van der Waals surface area contributed by atoms with Crippen molar-refractivity contribution in [2.75, 3.05) is 13.6 Å². The molecule has 0 aliphatic heterocycles. The normalized spacial score (nSPS) is 12.0. The summed E-state index contributed by atoms with van der Waals surface area (Å²) in [5.74, 6) is 1.26. The minimum Gasteiger partial charge on any atom is -0.507 e. The molecular weight excluding hydrogens is 382 g/mol. The number of phenols is 1. The zero-order valence-corrected chi connectivity index (χ0v) is 19.0. The Labute approximate surface area is 187 Å². The number of hydrogen-bond acceptors (Lipinski definition) is 3. The summed E-state index contributed by atoms with van der Waals surface area (Å²) < 4.78 is 6.57. The summed E-state index contributed by atoms with van der Waals surface area (Å²) in [6.45, 7) is 5.25. The highest BCUT2D eigenvalue weighted by atomic mass is 16.5. The number of phenolic OH excluding ortho intramolecular Hbond substituents is 1. The summed E-state index contributed by atoms with van der Waals surface area (Å²) >= 11 is 0. The topological polar surface area (TPSA) is 41.5 Å². The number of aromatic hydroxyl groups is 1. The first-order valence-corrected chi connectivity index (χ1v) is 11.5. The van der Waals surface area contributed by atoms with Crippen LogP contribution in [0.2, 0.25) is 0 Å². The fraction of sp³-hybridized carbons (Fsp3) is 0.357. The van der Waals surface area contributed by atoms with Crippen LogP contribution in [0, 0.1) is 0 Å². The van der Waals surface area contributed by atoms with Gasteiger partial charge in [0.25, 0.3) is 0 Å². The Balaban J connectivity index is 1.94. The van der Waals surface area contributed by atoms with E-state index in [0.29, 0.717) is 5.75 Å². The van der Waals surface area contributed by atoms with Gasteiger partial charge in [-0.25, -0.2) is 0 Å². The summed E-state index contributed by atoms with van der Waals surface area (Å²) in [6, 6.07) is 22.7. The molecule has 0 aliphatic rings. The van der Waals surface area contributed by atoms with Gasteiger partial charge in [-0.15, -0.1) is 0 Å². The van der Waals surface area contributed by atoms with Crippen LogP contribution in [0.1, 0.15) is 55.9 Å². The summed E-state index contributed by atoms with van der Waals surface area (Å²) in [5, 5.41) is 13.7. The van der Waals surface area contributed by atoms with Gasteiger partial charge in [0.15, 0.2) is 0 Å². The summed E-state index contributed by atoms with van der Waals surface area (Å²) in [5.41, 5.74) is 5.56. The average molecular weight is 418 g/mol. The summed E-state index contributed by atoms with van der Waals surface area (Å²) in [4.78, 5) is 0. The molecule has 3 aromatic carbocycles. The number of hydrogen-bond donors (Lipinski definition) is 2. The molecule has 0 spiro atoms. The SMILES string of the molecule is CCCc1ccc(O)c(-c2ccc(OC(CCNC)c3ccccc3)c(CCC)c2)c1. The number of aryl methyl sites for hydroxylation is 2. The summed E-state index contributed by atoms with van der Waals surface area (Å²) in [7, 11) is 1.97. The lowest BCUT2D eigenvalue weighted by molar-refractivity contribution is 0.193. The maximum absolute atomic E-state index is 10.5. The predicted octanol–water partition coefficient (Wildman–Crippen LogP) is 6.69. The van der Waals surface area contributed by atoms with Gasteiger partial charge in [0.2, 0.25) is 0 Å². The molecule has 1 atom stereocenters. The van der Waals surface area contributed by atoms with Crippen LogP contribution in [-0.2, 0) is 12.8 Å². The molecule has 3 aromatic rings. The minimum absolute atomic E-state index is 0.00334. The molecule has 3 rings (SSSR count). The molecule has 2 N–H and O–H groups in total. The Bertz CT molecular complexity index is 952. The van der Waals surface area contributed by atoms with Crippen LogP contribution in [0.25, 0.3) is 11.1 Å². The second kappa shape index (κ2) is 11.6. The van der Waals surface area contributed by atoms with Crippen LogP contribution >= 0.6 is 0 Å². The van der Waals surface area contributed by atoms with Crippen molar-refractivity contribution < 1.29 is 9.84 Å². The van der Waals surface area contributed by atoms with Gasteiger partial charge < -0.3 is 15.2 Å². The van der Waals surface area contributed by atoms with Crippen LogP contribution in [0.3, 0.4) is 0 Å². The van der Waals surface area contributed by atoms with E-state index < -0.39 is 0 Å². The molecule has 0 heterocycles. The van der Waals surface area contributed by atoms with E-state index in [9.17, 15) is 5.11 Å². The van der Waals surface area contributed by atoms with E-state index in [-0.39, 0.29) is 6.10 Å². The van der Waals surface area contributed by atoms with E-state index in [1.807, 2.05) is 25.2 Å². The van der Waals surface area contributed by atoms with Gasteiger partial charge in [0, 0.05) is 12.0 Å². The molecule has 0 radical (unpaired) electrons. The molecule has 31 heavy (non-hydrogen) atoms. The van der Waals surface area contributed by atoms with Crippen molar-refractivity contribution in [3.63, 3.8) is 0 Å². The molecular formula is C28H35NO2. The third-order valence-corrected chi connectivity index (χ3v) is 5.59. The minimum atomic E-state index is -0.00334. The second-order valence-electron chi connectivity index (χ2n) is 8.08. The number of benzene rings is 3. The van der Waals surface area contributed by atoms with Crippen LogP contribution in [0.5, 0.6) is 11.5 Å². The molecule has 1 unspecified atom stereocenters. The van der Waals surface area contributed by atoms with Crippen molar-refractivity contribution in [2.45, 2.75) is 52.1 Å². The largest absolute Gasteiger partial charge is 0.507 e. The second-order valence-corrected chi connectivity index (χ2v) is 8.08. The molecule has 0 aliphatic carbocycles. The molecule has 3 heteroatoms. The van der Waals surface area contributed by atoms with Crippen LogP contribution < -0.4 is 10.1 Å². The molecule has 0 saturated heterocycles. The smallest absolute Gasteiger partial charge is 0.125 e. The molecule has 0 bridgehead atoms. The van der Waals surface area contributed by atoms with Crippen LogP contribution in [-0.4, -0.2) is 18.7 Å².